The van der Waals surface area contributed by atoms with Crippen LogP contribution in [-0.4, -0.2) is 25.0 Å². The van der Waals surface area contributed by atoms with E-state index in [1.807, 2.05) is 60.7 Å². The summed E-state index contributed by atoms with van der Waals surface area (Å²) in [5.74, 6) is -0.485. The van der Waals surface area contributed by atoms with E-state index < -0.39 is 5.97 Å². The lowest BCUT2D eigenvalue weighted by molar-refractivity contribution is -0.123. The summed E-state index contributed by atoms with van der Waals surface area (Å²) in [5.41, 5.74) is 8.59. The number of anilines is 1. The number of hydrogen-bond acceptors (Lipinski definition) is 5. The van der Waals surface area contributed by atoms with Gasteiger partial charge in [-0.15, -0.1) is 0 Å². The Kier molecular flexibility index (Phi) is 7.44. The first kappa shape index (κ1) is 20.9. The van der Waals surface area contributed by atoms with Gasteiger partial charge >= 0.3 is 5.97 Å². The first-order chi connectivity index (χ1) is 14.6. The van der Waals surface area contributed by atoms with Crippen LogP contribution in [0.3, 0.4) is 0 Å². The maximum atomic E-state index is 12.3. The average Bonchev–Trinajstić information content (AvgIpc) is 2.78. The Labute approximate surface area is 175 Å². The fourth-order valence-corrected chi connectivity index (χ4v) is 2.78. The molecule has 0 aliphatic carbocycles. The molecule has 6 nitrogen and oxygen atoms in total. The van der Waals surface area contributed by atoms with Crippen molar-refractivity contribution in [1.82, 2.24) is 5.32 Å². The number of benzene rings is 3. The second kappa shape index (κ2) is 10.7. The lowest BCUT2D eigenvalue weighted by Gasteiger charge is -2.11. The van der Waals surface area contributed by atoms with Crippen LogP contribution in [0.5, 0.6) is 5.75 Å². The Hall–Kier alpha value is -3.80. The molecule has 0 unspecified atom stereocenters. The molecule has 3 rings (SSSR count). The third-order valence-corrected chi connectivity index (χ3v) is 4.40. The minimum absolute atomic E-state index is 0.171. The van der Waals surface area contributed by atoms with Crippen molar-refractivity contribution < 1.29 is 19.1 Å². The van der Waals surface area contributed by atoms with Crippen LogP contribution in [0.1, 0.15) is 21.5 Å². The Morgan fingerprint density at radius 1 is 0.867 bits per heavy atom. The van der Waals surface area contributed by atoms with Gasteiger partial charge in [-0.1, -0.05) is 60.7 Å². The van der Waals surface area contributed by atoms with Crippen LogP contribution in [0.2, 0.25) is 0 Å². The van der Waals surface area contributed by atoms with E-state index in [1.165, 1.54) is 6.07 Å². The number of nitrogens with two attached hydrogens (primary N) is 1. The van der Waals surface area contributed by atoms with Crippen molar-refractivity contribution in [2.24, 2.45) is 0 Å². The zero-order valence-corrected chi connectivity index (χ0v) is 16.5. The van der Waals surface area contributed by atoms with Crippen LogP contribution in [0.25, 0.3) is 0 Å². The second-order valence-corrected chi connectivity index (χ2v) is 6.69. The lowest BCUT2D eigenvalue weighted by Crippen LogP contribution is -2.30. The molecule has 154 valence electrons. The Morgan fingerprint density at radius 3 is 2.23 bits per heavy atom. The molecule has 0 heterocycles. The number of hydrogen-bond donors (Lipinski definition) is 2. The van der Waals surface area contributed by atoms with Crippen LogP contribution in [-0.2, 0) is 22.6 Å². The smallest absolute Gasteiger partial charge is 0.338 e. The van der Waals surface area contributed by atoms with E-state index in [0.29, 0.717) is 17.8 Å². The number of ether oxygens (including phenoxy) is 2. The van der Waals surface area contributed by atoms with Crippen molar-refractivity contribution in [1.29, 1.82) is 0 Å². The second-order valence-electron chi connectivity index (χ2n) is 6.69. The zero-order chi connectivity index (χ0) is 21.2. The van der Waals surface area contributed by atoms with Crippen molar-refractivity contribution in [2.45, 2.75) is 13.0 Å². The molecule has 0 saturated heterocycles. The summed E-state index contributed by atoms with van der Waals surface area (Å²) in [6.07, 6.45) is 0.734. The molecule has 6 heteroatoms. The summed E-state index contributed by atoms with van der Waals surface area (Å²) in [6.45, 7) is 0.485. The number of rotatable bonds is 9. The highest BCUT2D eigenvalue weighted by molar-refractivity contribution is 5.90. The fourth-order valence-electron chi connectivity index (χ4n) is 2.78. The van der Waals surface area contributed by atoms with Crippen molar-refractivity contribution in [2.75, 3.05) is 18.9 Å². The molecule has 0 aliphatic rings. The maximum absolute atomic E-state index is 12.3. The van der Waals surface area contributed by atoms with E-state index >= 15 is 0 Å². The molecular weight excluding hydrogens is 380 g/mol. The fraction of sp³-hybridized carbons (Fsp3) is 0.167. The molecule has 30 heavy (non-hydrogen) atoms. The summed E-state index contributed by atoms with van der Waals surface area (Å²) >= 11 is 0. The number of amides is 1. The van der Waals surface area contributed by atoms with Gasteiger partial charge in [-0.3, -0.25) is 4.79 Å². The molecule has 0 aromatic heterocycles. The van der Waals surface area contributed by atoms with Crippen molar-refractivity contribution >= 4 is 17.6 Å². The van der Waals surface area contributed by atoms with Gasteiger partial charge in [0.2, 0.25) is 0 Å². The third kappa shape index (κ3) is 6.38. The van der Waals surface area contributed by atoms with E-state index in [0.717, 1.165) is 17.5 Å². The van der Waals surface area contributed by atoms with Crippen LogP contribution in [0.15, 0.2) is 78.9 Å². The summed E-state index contributed by atoms with van der Waals surface area (Å²) in [7, 11) is 0. The summed E-state index contributed by atoms with van der Waals surface area (Å²) in [6, 6.07) is 23.9. The molecular formula is C24H24N2O4. The largest absolute Gasteiger partial charge is 0.482 e. The summed E-state index contributed by atoms with van der Waals surface area (Å²) in [5, 5.41) is 2.80. The van der Waals surface area contributed by atoms with Gasteiger partial charge in [0.1, 0.15) is 12.4 Å². The normalized spacial score (nSPS) is 10.3. The van der Waals surface area contributed by atoms with E-state index in [-0.39, 0.29) is 24.9 Å². The Bertz CT molecular complexity index is 975. The van der Waals surface area contributed by atoms with Gasteiger partial charge in [-0.2, -0.15) is 0 Å². The van der Waals surface area contributed by atoms with Crippen molar-refractivity contribution in [3.8, 4) is 5.75 Å². The Morgan fingerprint density at radius 2 is 1.53 bits per heavy atom. The standard InChI is InChI=1S/C24H24N2O4/c25-21-12-11-20(24(28)30-16-19-9-5-2-6-10-19)15-22(21)29-17-23(27)26-14-13-18-7-3-1-4-8-18/h1-12,15H,13-14,16-17,25H2,(H,26,27). The predicted molar refractivity (Wildman–Crippen MR) is 115 cm³/mol. The number of carbonyl (C=O) groups is 2. The molecule has 0 fully saturated rings. The van der Waals surface area contributed by atoms with Crippen molar-refractivity contribution in [3.05, 3.63) is 95.6 Å². The van der Waals surface area contributed by atoms with E-state index in [4.69, 9.17) is 15.2 Å². The molecule has 1 amide bonds. The molecule has 0 spiro atoms. The SMILES string of the molecule is Nc1ccc(C(=O)OCc2ccccc2)cc1OCC(=O)NCCc1ccccc1. The minimum atomic E-state index is -0.490. The predicted octanol–water partition coefficient (Wildman–Crippen LogP) is 3.36. The highest BCUT2D eigenvalue weighted by Gasteiger charge is 2.12. The summed E-state index contributed by atoms with van der Waals surface area (Å²) < 4.78 is 10.8. The number of nitrogens with one attached hydrogen (secondary N) is 1. The summed E-state index contributed by atoms with van der Waals surface area (Å²) in [4.78, 5) is 24.3. The van der Waals surface area contributed by atoms with Gasteiger partial charge in [0.15, 0.2) is 6.61 Å². The lowest BCUT2D eigenvalue weighted by atomic mass is 10.1. The molecule has 3 aromatic rings. The number of esters is 1. The maximum Gasteiger partial charge on any atom is 0.338 e. The van der Waals surface area contributed by atoms with E-state index in [2.05, 4.69) is 5.32 Å². The highest BCUT2D eigenvalue weighted by Crippen LogP contribution is 2.23. The molecule has 3 N–H and O–H groups in total. The monoisotopic (exact) mass is 404 g/mol. The van der Waals surface area contributed by atoms with Crippen LogP contribution < -0.4 is 15.8 Å². The minimum Gasteiger partial charge on any atom is -0.482 e. The van der Waals surface area contributed by atoms with Gasteiger partial charge in [0, 0.05) is 6.54 Å². The molecule has 3 aromatic carbocycles. The van der Waals surface area contributed by atoms with E-state index in [1.54, 1.807) is 12.1 Å². The van der Waals surface area contributed by atoms with Gasteiger partial charge in [-0.05, 0) is 35.7 Å². The van der Waals surface area contributed by atoms with Crippen LogP contribution in [0.4, 0.5) is 5.69 Å². The zero-order valence-electron chi connectivity index (χ0n) is 16.5. The van der Waals surface area contributed by atoms with E-state index in [9.17, 15) is 9.59 Å². The molecule has 0 bridgehead atoms. The van der Waals surface area contributed by atoms with Crippen LogP contribution in [0, 0.1) is 0 Å². The molecule has 0 atom stereocenters. The van der Waals surface area contributed by atoms with Gasteiger partial charge < -0.3 is 20.5 Å². The number of nitrogen functional groups attached to an aromatic ring is 1. The molecule has 0 saturated carbocycles. The Balaban J connectivity index is 1.48. The molecule has 0 aliphatic heterocycles. The van der Waals surface area contributed by atoms with Gasteiger partial charge in [0.05, 0.1) is 11.3 Å². The highest BCUT2D eigenvalue weighted by atomic mass is 16.5. The first-order valence-electron chi connectivity index (χ1n) is 9.66. The first-order valence-corrected chi connectivity index (χ1v) is 9.66. The van der Waals surface area contributed by atoms with Crippen LogP contribution >= 0.6 is 0 Å². The third-order valence-electron chi connectivity index (χ3n) is 4.40. The van der Waals surface area contributed by atoms with Crippen molar-refractivity contribution in [3.63, 3.8) is 0 Å². The molecule has 0 radical (unpaired) electrons. The average molecular weight is 404 g/mol. The topological polar surface area (TPSA) is 90.7 Å². The number of carbonyl (C=O) groups excluding carboxylic acids is 2. The quantitative estimate of drug-likeness (QED) is 0.422. The van der Waals surface area contributed by atoms with Gasteiger partial charge in [-0.25, -0.2) is 4.79 Å². The van der Waals surface area contributed by atoms with Gasteiger partial charge in [0.25, 0.3) is 5.91 Å².